The molecule has 1 aliphatic carbocycles. The molecule has 0 aliphatic heterocycles. The maximum atomic E-state index is 12.6. The molecule has 0 radical (unpaired) electrons. The predicted octanol–water partition coefficient (Wildman–Crippen LogP) is 3.45. The Balaban J connectivity index is 2.20. The molecular formula is C14H22N2O. The van der Waals surface area contributed by atoms with Crippen molar-refractivity contribution in [1.82, 2.24) is 9.78 Å². The second-order valence-corrected chi connectivity index (χ2v) is 5.39. The van der Waals surface area contributed by atoms with E-state index in [1.54, 1.807) is 6.20 Å². The third-order valence-corrected chi connectivity index (χ3v) is 3.89. The van der Waals surface area contributed by atoms with Gasteiger partial charge >= 0.3 is 0 Å². The molecule has 3 nitrogen and oxygen atoms in total. The highest BCUT2D eigenvalue weighted by Gasteiger charge is 2.36. The van der Waals surface area contributed by atoms with Gasteiger partial charge in [-0.3, -0.25) is 9.48 Å². The number of rotatable bonds is 4. The van der Waals surface area contributed by atoms with Crippen LogP contribution in [0.3, 0.4) is 0 Å². The second-order valence-electron chi connectivity index (χ2n) is 5.39. The molecule has 2 rings (SSSR count). The summed E-state index contributed by atoms with van der Waals surface area (Å²) in [5, 5.41) is 4.25. The lowest BCUT2D eigenvalue weighted by molar-refractivity contribution is 0.0737. The Morgan fingerprint density at radius 2 is 2.12 bits per heavy atom. The van der Waals surface area contributed by atoms with E-state index < -0.39 is 0 Å². The van der Waals surface area contributed by atoms with Gasteiger partial charge in [-0.2, -0.15) is 5.10 Å². The molecule has 0 aromatic carbocycles. The first kappa shape index (κ1) is 12.3. The first-order valence-electron chi connectivity index (χ1n) is 6.74. The summed E-state index contributed by atoms with van der Waals surface area (Å²) in [4.78, 5) is 12.6. The van der Waals surface area contributed by atoms with Crippen molar-refractivity contribution >= 4 is 5.78 Å². The Morgan fingerprint density at radius 3 is 2.76 bits per heavy atom. The minimum atomic E-state index is -0.149. The molecule has 94 valence electrons. The Morgan fingerprint density at radius 1 is 1.41 bits per heavy atom. The maximum absolute atomic E-state index is 12.6. The summed E-state index contributed by atoms with van der Waals surface area (Å²) in [6, 6.07) is 1.87. The van der Waals surface area contributed by atoms with Crippen LogP contribution in [0.1, 0.15) is 62.9 Å². The van der Waals surface area contributed by atoms with E-state index in [-0.39, 0.29) is 5.41 Å². The fraction of sp³-hybridized carbons (Fsp3) is 0.714. The van der Waals surface area contributed by atoms with Crippen molar-refractivity contribution in [3.05, 3.63) is 18.0 Å². The molecule has 1 fully saturated rings. The molecule has 1 aliphatic rings. The third-order valence-electron chi connectivity index (χ3n) is 3.89. The van der Waals surface area contributed by atoms with E-state index in [9.17, 15) is 4.79 Å². The van der Waals surface area contributed by atoms with Gasteiger partial charge in [0.05, 0.1) is 0 Å². The van der Waals surface area contributed by atoms with Crippen LogP contribution in [0, 0.1) is 5.41 Å². The van der Waals surface area contributed by atoms with Gasteiger partial charge < -0.3 is 0 Å². The predicted molar refractivity (Wildman–Crippen MR) is 68.0 cm³/mol. The van der Waals surface area contributed by atoms with Crippen LogP contribution in [-0.2, 0) is 6.54 Å². The van der Waals surface area contributed by atoms with E-state index in [0.29, 0.717) is 5.78 Å². The molecule has 1 aromatic rings. The van der Waals surface area contributed by atoms with Gasteiger partial charge in [-0.25, -0.2) is 0 Å². The summed E-state index contributed by atoms with van der Waals surface area (Å²) in [5.41, 5.74) is 0.653. The van der Waals surface area contributed by atoms with Crippen molar-refractivity contribution in [2.75, 3.05) is 0 Å². The average molecular weight is 234 g/mol. The Labute approximate surface area is 103 Å². The van der Waals surface area contributed by atoms with Gasteiger partial charge in [0.2, 0.25) is 0 Å². The number of aryl methyl sites for hydroxylation is 1. The van der Waals surface area contributed by atoms with Crippen molar-refractivity contribution in [2.24, 2.45) is 5.41 Å². The highest BCUT2D eigenvalue weighted by molar-refractivity contribution is 5.98. The van der Waals surface area contributed by atoms with E-state index in [1.165, 1.54) is 19.3 Å². The summed E-state index contributed by atoms with van der Waals surface area (Å²) in [7, 11) is 0. The van der Waals surface area contributed by atoms with Crippen LogP contribution in [0.25, 0.3) is 0 Å². The molecule has 1 heterocycles. The lowest BCUT2D eigenvalue weighted by Gasteiger charge is -2.31. The van der Waals surface area contributed by atoms with Crippen molar-refractivity contribution in [3.8, 4) is 0 Å². The molecule has 0 amide bonds. The van der Waals surface area contributed by atoms with Crippen LogP contribution in [0.5, 0.6) is 0 Å². The van der Waals surface area contributed by atoms with Gasteiger partial charge in [0.15, 0.2) is 5.78 Å². The van der Waals surface area contributed by atoms with E-state index >= 15 is 0 Å². The number of nitrogens with zero attached hydrogens (tertiary/aromatic N) is 2. The lowest BCUT2D eigenvalue weighted by Crippen LogP contribution is -2.32. The first-order valence-corrected chi connectivity index (χ1v) is 6.74. The molecular weight excluding hydrogens is 212 g/mol. The zero-order chi connectivity index (χ0) is 12.3. The average Bonchev–Trinajstić information content (AvgIpc) is 2.78. The summed E-state index contributed by atoms with van der Waals surface area (Å²) in [6.45, 7) is 5.07. The van der Waals surface area contributed by atoms with E-state index in [1.807, 2.05) is 10.7 Å². The minimum Gasteiger partial charge on any atom is -0.292 e. The number of hydrogen-bond donors (Lipinski definition) is 0. The monoisotopic (exact) mass is 234 g/mol. The zero-order valence-electron chi connectivity index (χ0n) is 10.9. The van der Waals surface area contributed by atoms with Gasteiger partial charge in [-0.1, -0.05) is 33.1 Å². The van der Waals surface area contributed by atoms with Gasteiger partial charge in [-0.15, -0.1) is 0 Å². The fourth-order valence-electron chi connectivity index (χ4n) is 2.78. The largest absolute Gasteiger partial charge is 0.292 e. The number of carbonyl (C=O) groups is 1. The number of hydrogen-bond acceptors (Lipinski definition) is 2. The van der Waals surface area contributed by atoms with Crippen molar-refractivity contribution in [2.45, 2.75) is 58.9 Å². The van der Waals surface area contributed by atoms with Crippen LogP contribution in [0.4, 0.5) is 0 Å². The van der Waals surface area contributed by atoms with Crippen molar-refractivity contribution in [3.63, 3.8) is 0 Å². The zero-order valence-corrected chi connectivity index (χ0v) is 10.9. The van der Waals surface area contributed by atoms with Crippen molar-refractivity contribution in [1.29, 1.82) is 0 Å². The molecule has 0 unspecified atom stereocenters. The van der Waals surface area contributed by atoms with Crippen LogP contribution in [0.2, 0.25) is 0 Å². The molecule has 17 heavy (non-hydrogen) atoms. The van der Waals surface area contributed by atoms with Gasteiger partial charge in [0.25, 0.3) is 0 Å². The Bertz CT molecular complexity index is 389. The quantitative estimate of drug-likeness (QED) is 0.748. The Hall–Kier alpha value is -1.12. The first-order chi connectivity index (χ1) is 8.17. The molecule has 0 atom stereocenters. The third kappa shape index (κ3) is 2.43. The van der Waals surface area contributed by atoms with E-state index in [4.69, 9.17) is 0 Å². The van der Waals surface area contributed by atoms with Crippen molar-refractivity contribution < 1.29 is 4.79 Å². The standard InChI is InChI=1S/C14H22N2O/c1-3-11-16-12(7-10-15-16)13(17)14(2)8-5-4-6-9-14/h7,10H,3-6,8-9,11H2,1-2H3. The highest BCUT2D eigenvalue weighted by Crippen LogP contribution is 2.38. The number of aromatic nitrogens is 2. The fourth-order valence-corrected chi connectivity index (χ4v) is 2.78. The maximum Gasteiger partial charge on any atom is 0.186 e. The molecule has 3 heteroatoms. The van der Waals surface area contributed by atoms with Crippen LogP contribution in [-0.4, -0.2) is 15.6 Å². The molecule has 0 bridgehead atoms. The Kier molecular flexibility index (Phi) is 3.65. The molecule has 0 N–H and O–H groups in total. The van der Waals surface area contributed by atoms with Gasteiger partial charge in [0.1, 0.15) is 5.69 Å². The molecule has 0 spiro atoms. The molecule has 1 aromatic heterocycles. The van der Waals surface area contributed by atoms with Gasteiger partial charge in [0, 0.05) is 18.2 Å². The lowest BCUT2D eigenvalue weighted by atomic mass is 9.72. The van der Waals surface area contributed by atoms with E-state index in [0.717, 1.165) is 31.5 Å². The summed E-state index contributed by atoms with van der Waals surface area (Å²) in [6.07, 6.45) is 8.46. The second kappa shape index (κ2) is 5.03. The van der Waals surface area contributed by atoms with Crippen LogP contribution in [0.15, 0.2) is 12.3 Å². The highest BCUT2D eigenvalue weighted by atomic mass is 16.1. The number of carbonyl (C=O) groups excluding carboxylic acids is 1. The minimum absolute atomic E-state index is 0.149. The molecule has 1 saturated carbocycles. The van der Waals surface area contributed by atoms with E-state index in [2.05, 4.69) is 18.9 Å². The number of ketones is 1. The van der Waals surface area contributed by atoms with Crippen LogP contribution < -0.4 is 0 Å². The van der Waals surface area contributed by atoms with Gasteiger partial charge in [-0.05, 0) is 25.3 Å². The SMILES string of the molecule is CCCn1nccc1C(=O)C1(C)CCCCC1. The topological polar surface area (TPSA) is 34.9 Å². The van der Waals surface area contributed by atoms with Crippen LogP contribution >= 0.6 is 0 Å². The summed E-state index contributed by atoms with van der Waals surface area (Å²) >= 11 is 0. The number of Topliss-reactive ketones (excluding diaryl/α,β-unsaturated/α-hetero) is 1. The normalized spacial score (nSPS) is 19.2. The molecule has 0 saturated heterocycles. The summed E-state index contributed by atoms with van der Waals surface area (Å²) in [5.74, 6) is 0.295. The summed E-state index contributed by atoms with van der Waals surface area (Å²) < 4.78 is 1.86. The smallest absolute Gasteiger partial charge is 0.186 e.